The summed E-state index contributed by atoms with van der Waals surface area (Å²) >= 11 is 0. The molecule has 0 aliphatic heterocycles. The lowest BCUT2D eigenvalue weighted by atomic mass is 10.2. The van der Waals surface area contributed by atoms with Crippen molar-refractivity contribution >= 4 is 0 Å². The summed E-state index contributed by atoms with van der Waals surface area (Å²) in [5.41, 5.74) is 0.968. The van der Waals surface area contributed by atoms with E-state index in [1.165, 1.54) is 0 Å². The van der Waals surface area contributed by atoms with Gasteiger partial charge in [0.2, 0.25) is 5.82 Å². The predicted octanol–water partition coefficient (Wildman–Crippen LogP) is 0.563. The van der Waals surface area contributed by atoms with Gasteiger partial charge in [0.15, 0.2) is 0 Å². The van der Waals surface area contributed by atoms with Crippen molar-refractivity contribution in [2.75, 3.05) is 13.1 Å². The highest BCUT2D eigenvalue weighted by molar-refractivity contribution is 5.52. The fraction of sp³-hybridized carbons (Fsp3) is 0.250. The molecule has 5 nitrogen and oxygen atoms in total. The van der Waals surface area contributed by atoms with Crippen LogP contribution < -0.4 is 5.32 Å². The molecule has 1 aromatic carbocycles. The standard InChI is InChI=1S/C12H13N5/c1-2-8-13-9-10-17-15-12(14-16-17)11-6-4-3-5-7-11/h1,3-7,13H,8-10H2. The number of hydrogen-bond donors (Lipinski definition) is 1. The van der Waals surface area contributed by atoms with E-state index in [1.807, 2.05) is 30.3 Å². The average molecular weight is 227 g/mol. The Balaban J connectivity index is 1.95. The van der Waals surface area contributed by atoms with E-state index < -0.39 is 0 Å². The molecule has 17 heavy (non-hydrogen) atoms. The van der Waals surface area contributed by atoms with E-state index in [4.69, 9.17) is 6.42 Å². The third-order valence-electron chi connectivity index (χ3n) is 2.20. The molecule has 0 amide bonds. The predicted molar refractivity (Wildman–Crippen MR) is 65.0 cm³/mol. The number of benzene rings is 1. The number of rotatable bonds is 5. The molecule has 1 heterocycles. The Bertz CT molecular complexity index is 497. The number of nitrogens with zero attached hydrogens (tertiary/aromatic N) is 4. The van der Waals surface area contributed by atoms with Crippen LogP contribution in [0, 0.1) is 12.3 Å². The van der Waals surface area contributed by atoms with Gasteiger partial charge in [0.05, 0.1) is 13.1 Å². The second-order valence-electron chi connectivity index (χ2n) is 3.46. The Morgan fingerprint density at radius 1 is 1.29 bits per heavy atom. The molecule has 1 N–H and O–H groups in total. The molecular weight excluding hydrogens is 214 g/mol. The van der Waals surface area contributed by atoms with Gasteiger partial charge in [-0.05, 0) is 5.21 Å². The van der Waals surface area contributed by atoms with Crippen LogP contribution in [0.5, 0.6) is 0 Å². The summed E-state index contributed by atoms with van der Waals surface area (Å²) < 4.78 is 0. The van der Waals surface area contributed by atoms with Crippen LogP contribution in [0.4, 0.5) is 0 Å². The van der Waals surface area contributed by atoms with Crippen LogP contribution in [0.3, 0.4) is 0 Å². The molecule has 5 heteroatoms. The number of tetrazole rings is 1. The lowest BCUT2D eigenvalue weighted by Gasteiger charge is -1.98. The summed E-state index contributed by atoms with van der Waals surface area (Å²) in [6, 6.07) is 9.77. The van der Waals surface area contributed by atoms with E-state index in [2.05, 4.69) is 26.6 Å². The highest BCUT2D eigenvalue weighted by Gasteiger charge is 2.04. The van der Waals surface area contributed by atoms with Gasteiger partial charge in [-0.2, -0.15) is 4.80 Å². The van der Waals surface area contributed by atoms with Gasteiger partial charge >= 0.3 is 0 Å². The maximum absolute atomic E-state index is 5.13. The minimum absolute atomic E-state index is 0.556. The highest BCUT2D eigenvalue weighted by atomic mass is 15.6. The van der Waals surface area contributed by atoms with Gasteiger partial charge < -0.3 is 5.32 Å². The minimum atomic E-state index is 0.556. The molecule has 0 atom stereocenters. The summed E-state index contributed by atoms with van der Waals surface area (Å²) in [4.78, 5) is 1.56. The van der Waals surface area contributed by atoms with Crippen LogP contribution in [0.2, 0.25) is 0 Å². The van der Waals surface area contributed by atoms with Crippen molar-refractivity contribution < 1.29 is 0 Å². The van der Waals surface area contributed by atoms with E-state index in [9.17, 15) is 0 Å². The van der Waals surface area contributed by atoms with Crippen LogP contribution in [0.1, 0.15) is 0 Å². The minimum Gasteiger partial charge on any atom is -0.304 e. The molecule has 0 saturated carbocycles. The maximum Gasteiger partial charge on any atom is 0.204 e. The molecule has 0 fully saturated rings. The molecule has 0 unspecified atom stereocenters. The van der Waals surface area contributed by atoms with Crippen molar-refractivity contribution in [3.05, 3.63) is 30.3 Å². The van der Waals surface area contributed by atoms with Gasteiger partial charge in [-0.1, -0.05) is 36.3 Å². The van der Waals surface area contributed by atoms with Crippen molar-refractivity contribution in [2.24, 2.45) is 0 Å². The first-order valence-corrected chi connectivity index (χ1v) is 5.37. The molecule has 0 radical (unpaired) electrons. The van der Waals surface area contributed by atoms with Gasteiger partial charge in [-0.25, -0.2) is 0 Å². The topological polar surface area (TPSA) is 55.6 Å². The number of aromatic nitrogens is 4. The van der Waals surface area contributed by atoms with E-state index in [0.717, 1.165) is 12.1 Å². The van der Waals surface area contributed by atoms with Crippen molar-refractivity contribution in [1.82, 2.24) is 25.5 Å². The average Bonchev–Trinajstić information content (AvgIpc) is 2.85. The van der Waals surface area contributed by atoms with Crippen LogP contribution in [-0.2, 0) is 6.54 Å². The van der Waals surface area contributed by atoms with Gasteiger partial charge in [0, 0.05) is 12.1 Å². The second-order valence-corrected chi connectivity index (χ2v) is 3.46. The molecule has 0 spiro atoms. The first-order valence-electron chi connectivity index (χ1n) is 5.37. The lowest BCUT2D eigenvalue weighted by molar-refractivity contribution is 0.502. The summed E-state index contributed by atoms with van der Waals surface area (Å²) in [6.45, 7) is 1.94. The summed E-state index contributed by atoms with van der Waals surface area (Å²) in [5.74, 6) is 3.15. The quantitative estimate of drug-likeness (QED) is 0.599. The molecule has 0 aliphatic carbocycles. The van der Waals surface area contributed by atoms with Gasteiger partial charge in [-0.15, -0.1) is 16.6 Å². The zero-order valence-electron chi connectivity index (χ0n) is 9.37. The molecule has 1 aromatic heterocycles. The second kappa shape index (κ2) is 5.77. The molecule has 86 valence electrons. The largest absolute Gasteiger partial charge is 0.304 e. The Morgan fingerprint density at radius 3 is 2.88 bits per heavy atom. The number of hydrogen-bond acceptors (Lipinski definition) is 4. The molecule has 0 bridgehead atoms. The van der Waals surface area contributed by atoms with Crippen molar-refractivity contribution in [3.8, 4) is 23.7 Å². The molecule has 2 aromatic rings. The first-order chi connectivity index (χ1) is 8.40. The molecule has 0 saturated heterocycles. The zero-order chi connectivity index (χ0) is 11.9. The summed E-state index contributed by atoms with van der Waals surface area (Å²) in [5, 5.41) is 15.3. The number of terminal acetylenes is 1. The zero-order valence-corrected chi connectivity index (χ0v) is 9.37. The Hall–Kier alpha value is -2.19. The van der Waals surface area contributed by atoms with Gasteiger partial charge in [0.25, 0.3) is 0 Å². The Kier molecular flexibility index (Phi) is 3.84. The van der Waals surface area contributed by atoms with E-state index >= 15 is 0 Å². The highest BCUT2D eigenvalue weighted by Crippen LogP contribution is 2.11. The van der Waals surface area contributed by atoms with Gasteiger partial charge in [0.1, 0.15) is 0 Å². The Labute approximate surface area is 99.8 Å². The van der Waals surface area contributed by atoms with Crippen molar-refractivity contribution in [3.63, 3.8) is 0 Å². The SMILES string of the molecule is C#CCNCCn1nnc(-c2ccccc2)n1. The summed E-state index contributed by atoms with van der Waals surface area (Å²) in [6.07, 6.45) is 5.13. The molecule has 2 rings (SSSR count). The van der Waals surface area contributed by atoms with Crippen LogP contribution in [-0.4, -0.2) is 33.3 Å². The maximum atomic E-state index is 5.13. The fourth-order valence-corrected chi connectivity index (χ4v) is 1.38. The molecule has 0 aliphatic rings. The van der Waals surface area contributed by atoms with Crippen LogP contribution >= 0.6 is 0 Å². The summed E-state index contributed by atoms with van der Waals surface area (Å²) in [7, 11) is 0. The number of nitrogens with one attached hydrogen (secondary N) is 1. The smallest absolute Gasteiger partial charge is 0.204 e. The normalized spacial score (nSPS) is 10.1. The van der Waals surface area contributed by atoms with Crippen molar-refractivity contribution in [1.29, 1.82) is 0 Å². The van der Waals surface area contributed by atoms with E-state index in [1.54, 1.807) is 4.80 Å². The van der Waals surface area contributed by atoms with E-state index in [0.29, 0.717) is 18.9 Å². The van der Waals surface area contributed by atoms with Crippen LogP contribution in [0.15, 0.2) is 30.3 Å². The fourth-order valence-electron chi connectivity index (χ4n) is 1.38. The van der Waals surface area contributed by atoms with Gasteiger partial charge in [-0.3, -0.25) is 0 Å². The third-order valence-corrected chi connectivity index (χ3v) is 2.20. The van der Waals surface area contributed by atoms with Crippen LogP contribution in [0.25, 0.3) is 11.4 Å². The monoisotopic (exact) mass is 227 g/mol. The van der Waals surface area contributed by atoms with E-state index in [-0.39, 0.29) is 0 Å². The Morgan fingerprint density at radius 2 is 2.12 bits per heavy atom. The van der Waals surface area contributed by atoms with Crippen molar-refractivity contribution in [2.45, 2.75) is 6.54 Å². The third kappa shape index (κ3) is 3.13. The molecular formula is C12H13N5. The lowest BCUT2D eigenvalue weighted by Crippen LogP contribution is -2.21. The first kappa shape index (κ1) is 11.3.